The van der Waals surface area contributed by atoms with E-state index in [0.717, 1.165) is 16.9 Å². The highest BCUT2D eigenvalue weighted by atomic mass is 35.5. The van der Waals surface area contributed by atoms with Crippen LogP contribution in [0.15, 0.2) is 54.9 Å². The predicted octanol–water partition coefficient (Wildman–Crippen LogP) is 4.97. The van der Waals surface area contributed by atoms with E-state index < -0.39 is 5.54 Å². The number of aromatic nitrogens is 4. The Morgan fingerprint density at radius 1 is 1.00 bits per heavy atom. The van der Waals surface area contributed by atoms with E-state index in [1.54, 1.807) is 4.68 Å². The number of aliphatic hydroxyl groups excluding tert-OH is 1. The summed E-state index contributed by atoms with van der Waals surface area (Å²) in [6, 6.07) is 15.0. The SMILES string of the molecule is CC(C)(CO)Nc1ncnc2c(-c3ccc(Cl)cc3)n(-c3ccccc3Cl)nc12. The minimum absolute atomic E-state index is 0.0617. The number of hydrogen-bond acceptors (Lipinski definition) is 5. The van der Waals surface area contributed by atoms with Crippen LogP contribution in [0.4, 0.5) is 5.82 Å². The molecule has 0 aliphatic rings. The monoisotopic (exact) mass is 427 g/mol. The van der Waals surface area contributed by atoms with E-state index in [4.69, 9.17) is 28.3 Å². The molecule has 29 heavy (non-hydrogen) atoms. The van der Waals surface area contributed by atoms with Gasteiger partial charge in [0.05, 0.1) is 22.9 Å². The maximum Gasteiger partial charge on any atom is 0.158 e. The van der Waals surface area contributed by atoms with E-state index in [0.29, 0.717) is 26.9 Å². The molecule has 0 bridgehead atoms. The molecule has 0 saturated carbocycles. The molecule has 2 heterocycles. The Morgan fingerprint density at radius 2 is 1.72 bits per heavy atom. The van der Waals surface area contributed by atoms with Gasteiger partial charge in [-0.1, -0.05) is 47.5 Å². The average molecular weight is 428 g/mol. The van der Waals surface area contributed by atoms with Crippen molar-refractivity contribution in [2.45, 2.75) is 19.4 Å². The first-order valence-corrected chi connectivity index (χ1v) is 9.79. The molecule has 0 amide bonds. The van der Waals surface area contributed by atoms with Crippen molar-refractivity contribution in [2.75, 3.05) is 11.9 Å². The molecule has 148 valence electrons. The molecule has 0 fully saturated rings. The lowest BCUT2D eigenvalue weighted by molar-refractivity contribution is 0.234. The maximum absolute atomic E-state index is 9.64. The Labute approximate surface area is 178 Å². The Hall–Kier alpha value is -2.67. The van der Waals surface area contributed by atoms with Crippen LogP contribution < -0.4 is 5.32 Å². The van der Waals surface area contributed by atoms with Crippen LogP contribution in [-0.2, 0) is 0 Å². The number of fused-ring (bicyclic) bond motifs is 1. The molecular formula is C21H19Cl2N5O. The van der Waals surface area contributed by atoms with Gasteiger partial charge in [0.15, 0.2) is 11.3 Å². The van der Waals surface area contributed by atoms with Crippen molar-refractivity contribution in [3.8, 4) is 16.9 Å². The van der Waals surface area contributed by atoms with Crippen molar-refractivity contribution in [1.29, 1.82) is 0 Å². The van der Waals surface area contributed by atoms with Gasteiger partial charge in [0.1, 0.15) is 17.5 Å². The number of nitrogens with zero attached hydrogens (tertiary/aromatic N) is 4. The second kappa shape index (κ2) is 7.63. The molecule has 2 N–H and O–H groups in total. The fraction of sp³-hybridized carbons (Fsp3) is 0.190. The highest BCUT2D eigenvalue weighted by Crippen LogP contribution is 2.35. The highest BCUT2D eigenvalue weighted by Gasteiger charge is 2.23. The molecule has 0 radical (unpaired) electrons. The Bertz CT molecular complexity index is 1170. The number of hydrogen-bond donors (Lipinski definition) is 2. The summed E-state index contributed by atoms with van der Waals surface area (Å²) < 4.78 is 1.77. The molecule has 0 spiro atoms. The third-order valence-electron chi connectivity index (χ3n) is 4.51. The maximum atomic E-state index is 9.64. The van der Waals surface area contributed by atoms with Crippen LogP contribution in [0, 0.1) is 0 Å². The summed E-state index contributed by atoms with van der Waals surface area (Å²) >= 11 is 12.6. The second-order valence-electron chi connectivity index (χ2n) is 7.31. The molecule has 0 saturated heterocycles. The van der Waals surface area contributed by atoms with Crippen molar-refractivity contribution in [1.82, 2.24) is 19.7 Å². The Balaban J connectivity index is 2.01. The van der Waals surface area contributed by atoms with Gasteiger partial charge in [-0.25, -0.2) is 14.6 Å². The summed E-state index contributed by atoms with van der Waals surface area (Å²) in [6.07, 6.45) is 1.48. The lowest BCUT2D eigenvalue weighted by Gasteiger charge is -2.23. The number of benzene rings is 2. The minimum Gasteiger partial charge on any atom is -0.394 e. The van der Waals surface area contributed by atoms with Crippen molar-refractivity contribution in [2.24, 2.45) is 0 Å². The fourth-order valence-electron chi connectivity index (χ4n) is 3.01. The van der Waals surface area contributed by atoms with Gasteiger partial charge in [-0.3, -0.25) is 0 Å². The van der Waals surface area contributed by atoms with Crippen molar-refractivity contribution >= 4 is 40.1 Å². The number of anilines is 1. The topological polar surface area (TPSA) is 75.9 Å². The van der Waals surface area contributed by atoms with Gasteiger partial charge in [0.2, 0.25) is 0 Å². The first kappa shape index (κ1) is 19.6. The molecule has 0 atom stereocenters. The zero-order valence-electron chi connectivity index (χ0n) is 15.9. The van der Waals surface area contributed by atoms with Crippen LogP contribution in [0.5, 0.6) is 0 Å². The highest BCUT2D eigenvalue weighted by molar-refractivity contribution is 6.32. The quantitative estimate of drug-likeness (QED) is 0.469. The van der Waals surface area contributed by atoms with Gasteiger partial charge in [-0.2, -0.15) is 5.10 Å². The van der Waals surface area contributed by atoms with Crippen molar-refractivity contribution < 1.29 is 5.11 Å². The number of nitrogens with one attached hydrogen (secondary N) is 1. The first-order chi connectivity index (χ1) is 13.9. The number of rotatable bonds is 5. The summed E-state index contributed by atoms with van der Waals surface area (Å²) in [5.41, 5.74) is 3.07. The average Bonchev–Trinajstić information content (AvgIpc) is 3.09. The minimum atomic E-state index is -0.574. The third-order valence-corrected chi connectivity index (χ3v) is 5.08. The molecule has 4 aromatic rings. The number of halogens is 2. The van der Waals surface area contributed by atoms with Crippen LogP contribution in [0.25, 0.3) is 28.0 Å². The van der Waals surface area contributed by atoms with Crippen molar-refractivity contribution in [3.63, 3.8) is 0 Å². The van der Waals surface area contributed by atoms with E-state index >= 15 is 0 Å². The van der Waals surface area contributed by atoms with E-state index in [1.165, 1.54) is 6.33 Å². The second-order valence-corrected chi connectivity index (χ2v) is 8.15. The van der Waals surface area contributed by atoms with E-state index in [-0.39, 0.29) is 6.61 Å². The Morgan fingerprint density at radius 3 is 2.41 bits per heavy atom. The molecule has 0 unspecified atom stereocenters. The van der Waals surface area contributed by atoms with Gasteiger partial charge in [-0.05, 0) is 38.1 Å². The smallest absolute Gasteiger partial charge is 0.158 e. The van der Waals surface area contributed by atoms with E-state index in [9.17, 15) is 5.11 Å². The third kappa shape index (κ3) is 3.79. The predicted molar refractivity (Wildman–Crippen MR) is 117 cm³/mol. The van der Waals surface area contributed by atoms with Gasteiger partial charge in [-0.15, -0.1) is 0 Å². The van der Waals surface area contributed by atoms with Crippen LogP contribution in [0.2, 0.25) is 10.0 Å². The number of aliphatic hydroxyl groups is 1. The zero-order chi connectivity index (χ0) is 20.6. The van der Waals surface area contributed by atoms with Gasteiger partial charge < -0.3 is 10.4 Å². The van der Waals surface area contributed by atoms with Crippen LogP contribution in [0.3, 0.4) is 0 Å². The summed E-state index contributed by atoms with van der Waals surface area (Å²) in [4.78, 5) is 8.85. The molecular weight excluding hydrogens is 409 g/mol. The fourth-order valence-corrected chi connectivity index (χ4v) is 3.35. The van der Waals surface area contributed by atoms with E-state index in [1.807, 2.05) is 62.4 Å². The van der Waals surface area contributed by atoms with Crippen LogP contribution in [-0.4, -0.2) is 37.0 Å². The van der Waals surface area contributed by atoms with E-state index in [2.05, 4.69) is 15.3 Å². The molecule has 0 aliphatic heterocycles. The van der Waals surface area contributed by atoms with Gasteiger partial charge >= 0.3 is 0 Å². The molecule has 4 rings (SSSR count). The largest absolute Gasteiger partial charge is 0.394 e. The van der Waals surface area contributed by atoms with Gasteiger partial charge in [0, 0.05) is 10.6 Å². The summed E-state index contributed by atoms with van der Waals surface area (Å²) in [7, 11) is 0. The first-order valence-electron chi connectivity index (χ1n) is 9.03. The lowest BCUT2D eigenvalue weighted by Crippen LogP contribution is -2.35. The Kier molecular flexibility index (Phi) is 5.17. The molecule has 2 aromatic carbocycles. The molecule has 0 aliphatic carbocycles. The normalized spacial score (nSPS) is 11.8. The van der Waals surface area contributed by atoms with Crippen LogP contribution >= 0.6 is 23.2 Å². The molecule has 2 aromatic heterocycles. The van der Waals surface area contributed by atoms with Crippen molar-refractivity contribution in [3.05, 3.63) is 64.9 Å². The summed E-state index contributed by atoms with van der Waals surface area (Å²) in [6.45, 7) is 3.70. The summed E-state index contributed by atoms with van der Waals surface area (Å²) in [5.74, 6) is 0.537. The zero-order valence-corrected chi connectivity index (χ0v) is 17.4. The van der Waals surface area contributed by atoms with Gasteiger partial charge in [0.25, 0.3) is 0 Å². The summed E-state index contributed by atoms with van der Waals surface area (Å²) in [5, 5.41) is 18.9. The standard InChI is InChI=1S/C21H19Cl2N5O/c1-21(2,11-29)26-20-18-17(24-12-25-20)19(13-7-9-14(22)10-8-13)28(27-18)16-6-4-3-5-15(16)23/h3-10,12,29H,11H2,1-2H3,(H,24,25,26). The number of para-hydroxylation sites is 1. The molecule has 8 heteroatoms. The lowest BCUT2D eigenvalue weighted by atomic mass is 10.1. The van der Waals surface area contributed by atoms with Crippen LogP contribution in [0.1, 0.15) is 13.8 Å². The molecule has 6 nitrogen and oxygen atoms in total.